The summed E-state index contributed by atoms with van der Waals surface area (Å²) < 4.78 is 2.17. The van der Waals surface area contributed by atoms with Crippen LogP contribution in [-0.4, -0.2) is 31.1 Å². The summed E-state index contributed by atoms with van der Waals surface area (Å²) in [5, 5.41) is 2.17. The molecule has 6 heteroatoms. The smallest absolute Gasteiger partial charge is 0.197 e. The molecule has 2 aromatic heterocycles. The Kier molecular flexibility index (Phi) is 6.80. The van der Waals surface area contributed by atoms with Crippen molar-refractivity contribution in [3.63, 3.8) is 0 Å². The quantitative estimate of drug-likeness (QED) is 0.181. The fourth-order valence-corrected chi connectivity index (χ4v) is 8.95. The summed E-state index contributed by atoms with van der Waals surface area (Å²) in [7, 11) is 0. The average molecular weight is 721 g/mol. The van der Waals surface area contributed by atoms with Gasteiger partial charge in [-0.15, -0.1) is 0 Å². The van der Waals surface area contributed by atoms with Gasteiger partial charge in [0.05, 0.1) is 22.3 Å². The lowest BCUT2D eigenvalue weighted by Gasteiger charge is -2.24. The number of rotatable bonds is 4. The van der Waals surface area contributed by atoms with Crippen LogP contribution in [0.15, 0.2) is 158 Å². The second-order valence-electron chi connectivity index (χ2n) is 15.1. The Bertz CT molecular complexity index is 3090. The lowest BCUT2D eigenvalue weighted by Crippen LogP contribution is -2.24. The average Bonchev–Trinajstić information content (AvgIpc) is 3.69. The summed E-state index contributed by atoms with van der Waals surface area (Å²) in [4.78, 5) is 44.7. The number of carbonyl (C=O) groups excluding carboxylic acids is 2. The number of hydrogen-bond donors (Lipinski definition) is 0. The number of hydrogen-bond acceptors (Lipinski definition) is 5. The van der Waals surface area contributed by atoms with Crippen molar-refractivity contribution in [2.75, 3.05) is 0 Å². The van der Waals surface area contributed by atoms with Crippen LogP contribution >= 0.6 is 0 Å². The molecule has 9 aromatic rings. The lowest BCUT2D eigenvalue weighted by molar-refractivity contribution is 0.0979. The minimum atomic E-state index is -0.247. The highest BCUT2D eigenvalue weighted by Crippen LogP contribution is 2.51. The molecule has 0 spiro atoms. The molecule has 7 aromatic carbocycles. The molecular weight excluding hydrogens is 689 g/mol. The maximum absolute atomic E-state index is 15.3. The number of ketones is 2. The third kappa shape index (κ3) is 4.53. The molecule has 0 atom stereocenters. The topological polar surface area (TPSA) is 77.7 Å². The second-order valence-corrected chi connectivity index (χ2v) is 15.1. The molecule has 0 aliphatic heterocycles. The van der Waals surface area contributed by atoms with E-state index in [2.05, 4.69) is 73.0 Å². The Morgan fingerprint density at radius 3 is 1.73 bits per heavy atom. The number of para-hydroxylation sites is 1. The van der Waals surface area contributed by atoms with Gasteiger partial charge in [0.2, 0.25) is 0 Å². The van der Waals surface area contributed by atoms with Gasteiger partial charge in [-0.25, -0.2) is 15.0 Å². The standard InChI is InChI=1S/C50H32N4O2/c1-50(2)38-24-11-9-19-31(38)36-27-37-32-20-10-12-25-40(32)54(42(37)28-39(36)50)41-26-14-22-34-44(41)46(56)43-33(45(34)55)21-13-23-35(43)49-52-47(29-15-5-3-6-16-29)51-48(53-49)30-17-7-4-8-18-30/h3-28H,1-2H3. The highest BCUT2D eigenvalue weighted by Gasteiger charge is 2.38. The summed E-state index contributed by atoms with van der Waals surface area (Å²) in [6.07, 6.45) is 0. The van der Waals surface area contributed by atoms with E-state index in [0.717, 1.165) is 32.9 Å². The molecule has 2 heterocycles. The van der Waals surface area contributed by atoms with Crippen LogP contribution in [0.25, 0.3) is 72.8 Å². The van der Waals surface area contributed by atoms with Crippen molar-refractivity contribution in [2.24, 2.45) is 0 Å². The van der Waals surface area contributed by atoms with Gasteiger partial charge >= 0.3 is 0 Å². The summed E-state index contributed by atoms with van der Waals surface area (Å²) in [6.45, 7) is 4.55. The SMILES string of the molecule is CC1(C)c2ccccc2-c2cc3c4ccccc4n(-c4cccc5c4C(=O)c4c(cccc4-c4nc(-c6ccccc6)nc(-c6ccccc6)n4)C5=O)c3cc21. The van der Waals surface area contributed by atoms with Gasteiger partial charge in [-0.2, -0.15) is 0 Å². The first-order valence-electron chi connectivity index (χ1n) is 18.8. The van der Waals surface area contributed by atoms with Gasteiger partial charge in [0, 0.05) is 49.6 Å². The summed E-state index contributed by atoms with van der Waals surface area (Å²) in [6, 6.07) is 52.0. The predicted octanol–water partition coefficient (Wildman–Crippen LogP) is 11.1. The summed E-state index contributed by atoms with van der Waals surface area (Å²) >= 11 is 0. The fraction of sp³-hybridized carbons (Fsp3) is 0.0600. The first kappa shape index (κ1) is 32.1. The largest absolute Gasteiger partial charge is 0.308 e. The third-order valence-electron chi connectivity index (χ3n) is 11.6. The zero-order valence-electron chi connectivity index (χ0n) is 30.6. The normalized spacial score (nSPS) is 13.8. The predicted molar refractivity (Wildman–Crippen MR) is 221 cm³/mol. The van der Waals surface area contributed by atoms with E-state index in [-0.39, 0.29) is 17.0 Å². The van der Waals surface area contributed by atoms with Gasteiger partial charge in [-0.1, -0.05) is 147 Å². The van der Waals surface area contributed by atoms with E-state index in [1.165, 1.54) is 22.3 Å². The molecule has 56 heavy (non-hydrogen) atoms. The lowest BCUT2D eigenvalue weighted by atomic mass is 9.80. The molecule has 0 fully saturated rings. The van der Waals surface area contributed by atoms with Crippen LogP contribution < -0.4 is 0 Å². The molecular formula is C50H32N4O2. The number of benzene rings is 7. The van der Waals surface area contributed by atoms with Crippen molar-refractivity contribution in [1.29, 1.82) is 0 Å². The molecule has 11 rings (SSSR count). The Morgan fingerprint density at radius 2 is 1.00 bits per heavy atom. The molecule has 264 valence electrons. The fourth-order valence-electron chi connectivity index (χ4n) is 8.95. The van der Waals surface area contributed by atoms with Crippen molar-refractivity contribution in [1.82, 2.24) is 19.5 Å². The first-order chi connectivity index (χ1) is 27.4. The highest BCUT2D eigenvalue weighted by molar-refractivity contribution is 6.31. The third-order valence-corrected chi connectivity index (χ3v) is 11.6. The number of aromatic nitrogens is 4. The summed E-state index contributed by atoms with van der Waals surface area (Å²) in [5.74, 6) is 0.822. The minimum absolute atomic E-state index is 0.211. The van der Waals surface area contributed by atoms with Crippen LogP contribution in [0, 0.1) is 0 Å². The van der Waals surface area contributed by atoms with Crippen LogP contribution in [0.5, 0.6) is 0 Å². The van der Waals surface area contributed by atoms with Gasteiger partial charge in [0.15, 0.2) is 29.0 Å². The molecule has 0 amide bonds. The van der Waals surface area contributed by atoms with Crippen molar-refractivity contribution in [2.45, 2.75) is 19.3 Å². The van der Waals surface area contributed by atoms with Crippen molar-refractivity contribution in [3.8, 4) is 51.0 Å². The Labute approximate surface area is 322 Å². The monoisotopic (exact) mass is 720 g/mol. The number of carbonyl (C=O) groups is 2. The van der Waals surface area contributed by atoms with Gasteiger partial charge in [0.25, 0.3) is 0 Å². The maximum atomic E-state index is 15.3. The van der Waals surface area contributed by atoms with Crippen LogP contribution in [-0.2, 0) is 5.41 Å². The molecule has 0 N–H and O–H groups in total. The highest BCUT2D eigenvalue weighted by atomic mass is 16.1. The van der Waals surface area contributed by atoms with Gasteiger partial charge < -0.3 is 4.57 Å². The van der Waals surface area contributed by atoms with Crippen molar-refractivity contribution in [3.05, 3.63) is 191 Å². The maximum Gasteiger partial charge on any atom is 0.197 e. The number of nitrogens with zero attached hydrogens (tertiary/aromatic N) is 4. The van der Waals surface area contributed by atoms with E-state index >= 15 is 4.79 Å². The molecule has 2 aliphatic carbocycles. The molecule has 2 aliphatic rings. The van der Waals surface area contributed by atoms with E-state index in [1.807, 2.05) is 84.9 Å². The van der Waals surface area contributed by atoms with Gasteiger partial charge in [0.1, 0.15) is 0 Å². The zero-order valence-corrected chi connectivity index (χ0v) is 30.6. The molecule has 0 unspecified atom stereocenters. The van der Waals surface area contributed by atoms with Crippen molar-refractivity contribution < 1.29 is 9.59 Å². The Hall–Kier alpha value is -7.31. The van der Waals surface area contributed by atoms with E-state index in [0.29, 0.717) is 51.0 Å². The molecule has 0 bridgehead atoms. The first-order valence-corrected chi connectivity index (χ1v) is 18.8. The van der Waals surface area contributed by atoms with E-state index in [4.69, 9.17) is 15.0 Å². The van der Waals surface area contributed by atoms with E-state index in [1.54, 1.807) is 18.2 Å². The Morgan fingerprint density at radius 1 is 0.429 bits per heavy atom. The van der Waals surface area contributed by atoms with Crippen molar-refractivity contribution >= 4 is 33.4 Å². The van der Waals surface area contributed by atoms with Gasteiger partial charge in [-0.05, 0) is 46.5 Å². The van der Waals surface area contributed by atoms with E-state index < -0.39 is 0 Å². The molecule has 6 nitrogen and oxygen atoms in total. The van der Waals surface area contributed by atoms with Crippen LogP contribution in [0.4, 0.5) is 0 Å². The zero-order chi connectivity index (χ0) is 37.7. The molecule has 0 saturated carbocycles. The van der Waals surface area contributed by atoms with E-state index in [9.17, 15) is 4.79 Å². The molecule has 0 saturated heterocycles. The van der Waals surface area contributed by atoms with Gasteiger partial charge in [-0.3, -0.25) is 9.59 Å². The Balaban J connectivity index is 1.15. The van der Waals surface area contributed by atoms with Crippen LogP contribution in [0.2, 0.25) is 0 Å². The molecule has 0 radical (unpaired) electrons. The second kappa shape index (κ2) is 11.8. The number of fused-ring (bicyclic) bond motifs is 8. The summed E-state index contributed by atoms with van der Waals surface area (Å²) in [5.41, 5.74) is 10.9. The van der Waals surface area contributed by atoms with Crippen LogP contribution in [0.1, 0.15) is 56.8 Å². The minimum Gasteiger partial charge on any atom is -0.308 e. The van der Waals surface area contributed by atoms with Crippen LogP contribution in [0.3, 0.4) is 0 Å².